The fourth-order valence-electron chi connectivity index (χ4n) is 2.99. The summed E-state index contributed by atoms with van der Waals surface area (Å²) in [6.07, 6.45) is -4.16. The predicted octanol–water partition coefficient (Wildman–Crippen LogP) is -1.17. The number of amides is 1. The Balaban J connectivity index is 2.37. The molecular weight excluding hydrogens is 338 g/mol. The van der Waals surface area contributed by atoms with Gasteiger partial charge < -0.3 is 34.1 Å². The average molecular weight is 361 g/mol. The van der Waals surface area contributed by atoms with Crippen LogP contribution >= 0.6 is 0 Å². The molecular formula is C15H23NO9. The minimum absolute atomic E-state index is 0.0430. The summed E-state index contributed by atoms with van der Waals surface area (Å²) in [5.74, 6) is -1.54. The van der Waals surface area contributed by atoms with Gasteiger partial charge >= 0.3 is 11.9 Å². The van der Waals surface area contributed by atoms with Crippen LogP contribution in [0.5, 0.6) is 0 Å². The van der Waals surface area contributed by atoms with E-state index in [0.717, 1.165) is 0 Å². The average Bonchev–Trinajstić information content (AvgIpc) is 2.87. The summed E-state index contributed by atoms with van der Waals surface area (Å²) in [7, 11) is 0. The lowest BCUT2D eigenvalue weighted by Gasteiger charge is -2.46. The molecule has 0 aromatic rings. The van der Waals surface area contributed by atoms with Crippen molar-refractivity contribution in [2.24, 2.45) is 0 Å². The molecule has 0 radical (unpaired) electrons. The molecule has 2 heterocycles. The third-order valence-electron chi connectivity index (χ3n) is 3.84. The zero-order valence-corrected chi connectivity index (χ0v) is 14.5. The number of rotatable bonds is 6. The zero-order chi connectivity index (χ0) is 18.8. The Morgan fingerprint density at radius 2 is 1.96 bits per heavy atom. The van der Waals surface area contributed by atoms with Gasteiger partial charge in [-0.2, -0.15) is 0 Å². The lowest BCUT2D eigenvalue weighted by molar-refractivity contribution is -0.274. The largest absolute Gasteiger partial charge is 0.463 e. The van der Waals surface area contributed by atoms with Gasteiger partial charge in [-0.3, -0.25) is 14.4 Å². The SMILES string of the molecule is CC(=O)NC1C2OCC(COC(C)=O)(O2)C(OC(C)=O)C1OC(C)O. The predicted molar refractivity (Wildman–Crippen MR) is 79.9 cm³/mol. The van der Waals surface area contributed by atoms with Crippen LogP contribution in [0.25, 0.3) is 0 Å². The van der Waals surface area contributed by atoms with E-state index in [0.29, 0.717) is 0 Å². The maximum atomic E-state index is 11.6. The summed E-state index contributed by atoms with van der Waals surface area (Å²) in [6.45, 7) is 4.84. The van der Waals surface area contributed by atoms with Gasteiger partial charge in [-0.05, 0) is 6.92 Å². The number of esters is 2. The molecule has 2 saturated heterocycles. The lowest BCUT2D eigenvalue weighted by Crippen LogP contribution is -2.68. The Morgan fingerprint density at radius 3 is 2.48 bits per heavy atom. The fraction of sp³-hybridized carbons (Fsp3) is 0.800. The molecule has 6 unspecified atom stereocenters. The first-order valence-electron chi connectivity index (χ1n) is 7.85. The van der Waals surface area contributed by atoms with Crippen LogP contribution in [0, 0.1) is 0 Å². The second-order valence-corrected chi connectivity index (χ2v) is 6.10. The molecule has 0 spiro atoms. The second-order valence-electron chi connectivity index (χ2n) is 6.10. The van der Waals surface area contributed by atoms with Crippen LogP contribution in [0.2, 0.25) is 0 Å². The molecule has 2 bridgehead atoms. The van der Waals surface area contributed by atoms with Crippen LogP contribution in [0.3, 0.4) is 0 Å². The van der Waals surface area contributed by atoms with Crippen LogP contribution in [-0.2, 0) is 38.1 Å². The van der Waals surface area contributed by atoms with E-state index in [2.05, 4.69) is 5.32 Å². The lowest BCUT2D eigenvalue weighted by atomic mass is 9.87. The number of aliphatic hydroxyl groups is 1. The van der Waals surface area contributed by atoms with E-state index in [1.165, 1.54) is 27.7 Å². The maximum Gasteiger partial charge on any atom is 0.303 e. The van der Waals surface area contributed by atoms with Crippen molar-refractivity contribution in [2.45, 2.75) is 64.1 Å². The molecule has 25 heavy (non-hydrogen) atoms. The summed E-state index contributed by atoms with van der Waals surface area (Å²) in [4.78, 5) is 34.3. The molecule has 2 aliphatic heterocycles. The van der Waals surface area contributed by atoms with E-state index in [9.17, 15) is 19.5 Å². The number of ether oxygens (including phenoxy) is 5. The van der Waals surface area contributed by atoms with Crippen molar-refractivity contribution in [1.29, 1.82) is 0 Å². The van der Waals surface area contributed by atoms with Gasteiger partial charge in [-0.25, -0.2) is 0 Å². The van der Waals surface area contributed by atoms with Gasteiger partial charge in [0.25, 0.3) is 0 Å². The van der Waals surface area contributed by atoms with E-state index >= 15 is 0 Å². The molecule has 2 aliphatic rings. The fourth-order valence-corrected chi connectivity index (χ4v) is 2.99. The highest BCUT2D eigenvalue weighted by Gasteiger charge is 2.63. The number of fused-ring (bicyclic) bond motifs is 2. The molecule has 0 aromatic carbocycles. The highest BCUT2D eigenvalue weighted by Crippen LogP contribution is 2.40. The molecule has 142 valence electrons. The molecule has 10 heteroatoms. The van der Waals surface area contributed by atoms with Gasteiger partial charge in [-0.15, -0.1) is 0 Å². The normalized spacial score (nSPS) is 34.9. The number of carbonyl (C=O) groups excluding carboxylic acids is 3. The number of hydrogen-bond donors (Lipinski definition) is 2. The summed E-state index contributed by atoms with van der Waals surface area (Å²) >= 11 is 0. The Morgan fingerprint density at radius 1 is 1.28 bits per heavy atom. The Hall–Kier alpha value is -1.75. The molecule has 2 fully saturated rings. The molecule has 0 aliphatic carbocycles. The van der Waals surface area contributed by atoms with Gasteiger partial charge in [0.2, 0.25) is 5.91 Å². The van der Waals surface area contributed by atoms with E-state index in [4.69, 9.17) is 23.7 Å². The Labute approximate surface area is 144 Å². The van der Waals surface area contributed by atoms with Crippen molar-refractivity contribution >= 4 is 17.8 Å². The van der Waals surface area contributed by atoms with Crippen molar-refractivity contribution in [1.82, 2.24) is 5.32 Å². The molecule has 1 amide bonds. The maximum absolute atomic E-state index is 11.6. The molecule has 2 N–H and O–H groups in total. The van der Waals surface area contributed by atoms with Crippen LogP contribution in [0.4, 0.5) is 0 Å². The minimum Gasteiger partial charge on any atom is -0.463 e. The molecule has 0 aromatic heterocycles. The smallest absolute Gasteiger partial charge is 0.303 e. The van der Waals surface area contributed by atoms with Crippen LogP contribution < -0.4 is 5.32 Å². The summed E-state index contributed by atoms with van der Waals surface area (Å²) in [5.41, 5.74) is -1.30. The second kappa shape index (κ2) is 7.65. The standard InChI is InChI=1S/C15H23NO9/c1-7(17)16-11-12(23-9(3)19)13(24-10(4)20)15(5-21-8(2)18)6-22-14(11)25-15/h9,11-14,19H,5-6H2,1-4H3,(H,16,17). The first kappa shape index (κ1) is 19.6. The highest BCUT2D eigenvalue weighted by atomic mass is 16.8. The van der Waals surface area contributed by atoms with E-state index in [1.54, 1.807) is 0 Å². The van der Waals surface area contributed by atoms with Crippen LogP contribution in [0.1, 0.15) is 27.7 Å². The van der Waals surface area contributed by atoms with Crippen molar-refractivity contribution in [3.05, 3.63) is 0 Å². The van der Waals surface area contributed by atoms with Gasteiger partial charge in [-0.1, -0.05) is 0 Å². The van der Waals surface area contributed by atoms with Crippen molar-refractivity contribution < 1.29 is 43.2 Å². The molecule has 2 rings (SSSR count). The number of carbonyl (C=O) groups is 3. The molecule has 6 atom stereocenters. The summed E-state index contributed by atoms with van der Waals surface area (Å²) in [6, 6.07) is -0.829. The third-order valence-corrected chi connectivity index (χ3v) is 3.84. The summed E-state index contributed by atoms with van der Waals surface area (Å²) < 4.78 is 27.3. The quantitative estimate of drug-likeness (QED) is 0.444. The number of aliphatic hydroxyl groups excluding tert-OH is 1. The molecule has 10 nitrogen and oxygen atoms in total. The Bertz CT molecular complexity index is 537. The Kier molecular flexibility index (Phi) is 5.99. The van der Waals surface area contributed by atoms with Crippen LogP contribution in [-0.4, -0.2) is 72.6 Å². The number of hydrogen-bond acceptors (Lipinski definition) is 9. The molecule has 0 saturated carbocycles. The highest BCUT2D eigenvalue weighted by molar-refractivity contribution is 5.73. The topological polar surface area (TPSA) is 130 Å². The van der Waals surface area contributed by atoms with Gasteiger partial charge in [0.1, 0.15) is 18.8 Å². The first-order valence-corrected chi connectivity index (χ1v) is 7.85. The number of nitrogens with one attached hydrogen (secondary N) is 1. The van der Waals surface area contributed by atoms with E-state index in [-0.39, 0.29) is 19.1 Å². The van der Waals surface area contributed by atoms with Crippen molar-refractivity contribution in [3.8, 4) is 0 Å². The van der Waals surface area contributed by atoms with E-state index in [1.807, 2.05) is 0 Å². The van der Waals surface area contributed by atoms with Gasteiger partial charge in [0.15, 0.2) is 24.3 Å². The van der Waals surface area contributed by atoms with Crippen molar-refractivity contribution in [3.63, 3.8) is 0 Å². The summed E-state index contributed by atoms with van der Waals surface area (Å²) in [5, 5.41) is 12.3. The van der Waals surface area contributed by atoms with Crippen LogP contribution in [0.15, 0.2) is 0 Å². The minimum atomic E-state index is -1.30. The van der Waals surface area contributed by atoms with Gasteiger partial charge in [0, 0.05) is 20.8 Å². The van der Waals surface area contributed by atoms with E-state index < -0.39 is 48.4 Å². The monoisotopic (exact) mass is 361 g/mol. The first-order chi connectivity index (χ1) is 11.6. The van der Waals surface area contributed by atoms with Gasteiger partial charge in [0.05, 0.1) is 6.61 Å². The third kappa shape index (κ3) is 4.46. The zero-order valence-electron chi connectivity index (χ0n) is 14.5. The van der Waals surface area contributed by atoms with Crippen molar-refractivity contribution in [2.75, 3.05) is 13.2 Å².